The lowest BCUT2D eigenvalue weighted by Gasteiger charge is -2.05. The molecule has 112 valence electrons. The van der Waals surface area contributed by atoms with Crippen LogP contribution in [0, 0.1) is 0 Å². The molecule has 0 aliphatic rings. The van der Waals surface area contributed by atoms with Gasteiger partial charge in [-0.05, 0) is 29.8 Å². The molecule has 22 heavy (non-hydrogen) atoms. The van der Waals surface area contributed by atoms with Gasteiger partial charge in [-0.3, -0.25) is 0 Å². The SMILES string of the molecule is COc1ccc(Cc2cnn(-c3ccc(Cl)nc3)c2O)cc1. The molecule has 0 atom stereocenters. The van der Waals surface area contributed by atoms with Gasteiger partial charge < -0.3 is 9.84 Å². The maximum atomic E-state index is 10.3. The van der Waals surface area contributed by atoms with E-state index in [4.69, 9.17) is 16.3 Å². The van der Waals surface area contributed by atoms with Gasteiger partial charge in [0.15, 0.2) is 0 Å². The van der Waals surface area contributed by atoms with E-state index in [-0.39, 0.29) is 5.88 Å². The molecule has 0 aliphatic heterocycles. The summed E-state index contributed by atoms with van der Waals surface area (Å²) < 4.78 is 6.56. The number of halogens is 1. The Labute approximate surface area is 132 Å². The molecule has 0 unspecified atom stereocenters. The van der Waals surface area contributed by atoms with Gasteiger partial charge in [-0.15, -0.1) is 0 Å². The summed E-state index contributed by atoms with van der Waals surface area (Å²) in [5, 5.41) is 14.9. The number of methoxy groups -OCH3 is 1. The first kappa shape index (κ1) is 14.4. The fourth-order valence-electron chi connectivity index (χ4n) is 2.15. The average Bonchev–Trinajstić information content (AvgIpc) is 2.90. The molecule has 2 heterocycles. The van der Waals surface area contributed by atoms with Gasteiger partial charge in [-0.2, -0.15) is 9.78 Å². The van der Waals surface area contributed by atoms with E-state index in [0.717, 1.165) is 16.9 Å². The second-order valence-electron chi connectivity index (χ2n) is 4.77. The highest BCUT2D eigenvalue weighted by Crippen LogP contribution is 2.24. The Kier molecular flexibility index (Phi) is 3.98. The largest absolute Gasteiger partial charge is 0.497 e. The monoisotopic (exact) mass is 315 g/mol. The minimum Gasteiger partial charge on any atom is -0.497 e. The van der Waals surface area contributed by atoms with E-state index in [2.05, 4.69) is 10.1 Å². The van der Waals surface area contributed by atoms with Gasteiger partial charge >= 0.3 is 0 Å². The maximum absolute atomic E-state index is 10.3. The van der Waals surface area contributed by atoms with Crippen LogP contribution in [0.4, 0.5) is 0 Å². The number of rotatable bonds is 4. The molecule has 0 fully saturated rings. The molecule has 0 amide bonds. The normalized spacial score (nSPS) is 10.6. The van der Waals surface area contributed by atoms with Crippen molar-refractivity contribution in [2.45, 2.75) is 6.42 Å². The quantitative estimate of drug-likeness (QED) is 0.751. The zero-order valence-corrected chi connectivity index (χ0v) is 12.7. The molecule has 2 aromatic heterocycles. The molecule has 0 spiro atoms. The molecule has 1 N–H and O–H groups in total. The number of aromatic hydroxyl groups is 1. The predicted molar refractivity (Wildman–Crippen MR) is 83.8 cm³/mol. The number of hydrogen-bond acceptors (Lipinski definition) is 4. The summed E-state index contributed by atoms with van der Waals surface area (Å²) in [4.78, 5) is 3.99. The summed E-state index contributed by atoms with van der Waals surface area (Å²) in [6.45, 7) is 0. The van der Waals surface area contributed by atoms with Crippen molar-refractivity contribution in [3.8, 4) is 17.3 Å². The van der Waals surface area contributed by atoms with Crippen LogP contribution >= 0.6 is 11.6 Å². The maximum Gasteiger partial charge on any atom is 0.217 e. The van der Waals surface area contributed by atoms with Crippen molar-refractivity contribution in [3.05, 3.63) is 65.1 Å². The number of aromatic nitrogens is 3. The fourth-order valence-corrected chi connectivity index (χ4v) is 2.26. The van der Waals surface area contributed by atoms with Gasteiger partial charge in [-0.25, -0.2) is 4.98 Å². The molecule has 3 rings (SSSR count). The third-order valence-electron chi connectivity index (χ3n) is 3.33. The second kappa shape index (κ2) is 6.07. The van der Waals surface area contributed by atoms with Crippen LogP contribution in [0.15, 0.2) is 48.8 Å². The van der Waals surface area contributed by atoms with Crippen LogP contribution in [0.5, 0.6) is 11.6 Å². The minimum absolute atomic E-state index is 0.0972. The molecule has 5 nitrogen and oxygen atoms in total. The summed E-state index contributed by atoms with van der Waals surface area (Å²) in [6, 6.07) is 11.1. The lowest BCUT2D eigenvalue weighted by Crippen LogP contribution is -1.96. The minimum atomic E-state index is 0.0972. The van der Waals surface area contributed by atoms with Crippen LogP contribution < -0.4 is 4.74 Å². The number of hydrogen-bond donors (Lipinski definition) is 1. The van der Waals surface area contributed by atoms with E-state index < -0.39 is 0 Å². The standard InChI is InChI=1S/C16H14ClN3O2/c1-22-14-5-2-11(3-6-14)8-12-9-19-20(16(12)21)13-4-7-15(17)18-10-13/h2-7,9-10,21H,8H2,1H3. The number of ether oxygens (including phenoxy) is 1. The fraction of sp³-hybridized carbons (Fsp3) is 0.125. The smallest absolute Gasteiger partial charge is 0.217 e. The average molecular weight is 316 g/mol. The molecule has 0 aliphatic carbocycles. The zero-order chi connectivity index (χ0) is 15.5. The highest BCUT2D eigenvalue weighted by atomic mass is 35.5. The Morgan fingerprint density at radius 3 is 2.55 bits per heavy atom. The molecule has 3 aromatic rings. The first-order chi connectivity index (χ1) is 10.7. The Hall–Kier alpha value is -2.53. The second-order valence-corrected chi connectivity index (χ2v) is 5.16. The Bertz CT molecular complexity index is 767. The highest BCUT2D eigenvalue weighted by Gasteiger charge is 2.12. The Morgan fingerprint density at radius 1 is 1.14 bits per heavy atom. The Balaban J connectivity index is 1.85. The molecule has 0 saturated heterocycles. The van der Waals surface area contributed by atoms with E-state index in [9.17, 15) is 5.11 Å². The predicted octanol–water partition coefficient (Wildman–Crippen LogP) is 3.23. The van der Waals surface area contributed by atoms with Crippen molar-refractivity contribution >= 4 is 11.6 Å². The number of pyridine rings is 1. The van der Waals surface area contributed by atoms with Crippen LogP contribution in [0.25, 0.3) is 5.69 Å². The van der Waals surface area contributed by atoms with Crippen molar-refractivity contribution in [1.82, 2.24) is 14.8 Å². The van der Waals surface area contributed by atoms with Crippen molar-refractivity contribution in [1.29, 1.82) is 0 Å². The van der Waals surface area contributed by atoms with E-state index in [1.165, 1.54) is 4.68 Å². The van der Waals surface area contributed by atoms with Crippen LogP contribution in [-0.2, 0) is 6.42 Å². The summed E-state index contributed by atoms with van der Waals surface area (Å²) in [5.74, 6) is 0.899. The Morgan fingerprint density at radius 2 is 1.91 bits per heavy atom. The van der Waals surface area contributed by atoms with Crippen molar-refractivity contribution in [2.75, 3.05) is 7.11 Å². The summed E-state index contributed by atoms with van der Waals surface area (Å²) in [5.41, 5.74) is 2.45. The molecule has 0 bridgehead atoms. The van der Waals surface area contributed by atoms with E-state index in [0.29, 0.717) is 17.3 Å². The van der Waals surface area contributed by atoms with Crippen LogP contribution in [0.1, 0.15) is 11.1 Å². The van der Waals surface area contributed by atoms with Gasteiger partial charge in [-0.1, -0.05) is 23.7 Å². The third kappa shape index (κ3) is 2.89. The lowest BCUT2D eigenvalue weighted by atomic mass is 10.1. The highest BCUT2D eigenvalue weighted by molar-refractivity contribution is 6.29. The van der Waals surface area contributed by atoms with Crippen molar-refractivity contribution in [2.24, 2.45) is 0 Å². The van der Waals surface area contributed by atoms with E-state index in [1.54, 1.807) is 31.6 Å². The van der Waals surface area contributed by atoms with Crippen molar-refractivity contribution in [3.63, 3.8) is 0 Å². The first-order valence-electron chi connectivity index (χ1n) is 6.68. The van der Waals surface area contributed by atoms with Gasteiger partial charge in [0.2, 0.25) is 5.88 Å². The molecule has 1 aromatic carbocycles. The summed E-state index contributed by atoms with van der Waals surface area (Å²) in [6.07, 6.45) is 3.79. The zero-order valence-electron chi connectivity index (χ0n) is 11.9. The van der Waals surface area contributed by atoms with Crippen LogP contribution in [0.3, 0.4) is 0 Å². The molecule has 0 radical (unpaired) electrons. The third-order valence-corrected chi connectivity index (χ3v) is 3.55. The first-order valence-corrected chi connectivity index (χ1v) is 7.06. The van der Waals surface area contributed by atoms with E-state index >= 15 is 0 Å². The molecule has 0 saturated carbocycles. The van der Waals surface area contributed by atoms with Crippen LogP contribution in [0.2, 0.25) is 5.15 Å². The summed E-state index contributed by atoms with van der Waals surface area (Å²) >= 11 is 5.76. The number of nitrogens with zero attached hydrogens (tertiary/aromatic N) is 3. The van der Waals surface area contributed by atoms with Gasteiger partial charge in [0.25, 0.3) is 0 Å². The number of benzene rings is 1. The van der Waals surface area contributed by atoms with Gasteiger partial charge in [0, 0.05) is 12.0 Å². The topological polar surface area (TPSA) is 60.2 Å². The van der Waals surface area contributed by atoms with Crippen LogP contribution in [-0.4, -0.2) is 27.0 Å². The lowest BCUT2D eigenvalue weighted by molar-refractivity contribution is 0.414. The van der Waals surface area contributed by atoms with Crippen molar-refractivity contribution < 1.29 is 9.84 Å². The van der Waals surface area contributed by atoms with Gasteiger partial charge in [0.1, 0.15) is 10.9 Å². The molecule has 6 heteroatoms. The van der Waals surface area contributed by atoms with E-state index in [1.807, 2.05) is 24.3 Å². The summed E-state index contributed by atoms with van der Waals surface area (Å²) in [7, 11) is 1.63. The molecular formula is C16H14ClN3O2. The van der Waals surface area contributed by atoms with Gasteiger partial charge in [0.05, 0.1) is 25.2 Å². The molecular weight excluding hydrogens is 302 g/mol.